The van der Waals surface area contributed by atoms with Crippen molar-refractivity contribution in [3.05, 3.63) is 101 Å². The van der Waals surface area contributed by atoms with Crippen LogP contribution in [0.15, 0.2) is 110 Å². The van der Waals surface area contributed by atoms with Crippen LogP contribution in [0, 0.1) is 17.0 Å². The number of nitro groups is 1. The number of azo groups is 2. The first kappa shape index (κ1) is 35.6. The standard InChI is InChI=1S/C16H13N5O4.C12H10N2O6S.Cr/c1-10-15(16(23)20(19-10)11-5-3-2-4-6-11)18-17-13-8-7-12(21(24)25)9-14(13)22;15-7-1-3-9(12(17)5-7)13-14-10-6-8(21(18,19)20)2-4-11(10)16;/h2-9,22-23H,1H3;1-6,15-17H,(H,18,19,20);/q;;+3/p-2. The number of aromatic nitrogens is 2. The van der Waals surface area contributed by atoms with Crippen molar-refractivity contribution >= 4 is 38.6 Å². The SMILES string of the molecule is Cc1nn(-c2ccccc2)c([O-])c1N=Nc1ccc([N+](=O)[O-])cc1[O-].O=S(=O)(O)c1ccc(O)c(N=Nc2ccc(O)cc2O)c1.[Cr+3]. The molecule has 1 heterocycles. The van der Waals surface area contributed by atoms with Gasteiger partial charge in [-0.25, -0.2) is 4.68 Å². The number of benzene rings is 4. The number of para-hydroxylation sites is 1. The third-order valence-corrected chi connectivity index (χ3v) is 6.72. The van der Waals surface area contributed by atoms with Gasteiger partial charge in [-0.3, -0.25) is 14.7 Å². The smallest absolute Gasteiger partial charge is 0.871 e. The fraction of sp³-hybridized carbons (Fsp3) is 0.0357. The minimum Gasteiger partial charge on any atom is -0.871 e. The number of nitrogens with zero attached hydrogens (tertiary/aromatic N) is 7. The van der Waals surface area contributed by atoms with Crippen molar-refractivity contribution in [2.24, 2.45) is 20.5 Å². The van der Waals surface area contributed by atoms with Crippen LogP contribution < -0.4 is 10.2 Å². The molecule has 4 aromatic carbocycles. The van der Waals surface area contributed by atoms with Gasteiger partial charge in [0, 0.05) is 24.1 Å². The molecular weight excluding hydrogens is 678 g/mol. The summed E-state index contributed by atoms with van der Waals surface area (Å²) in [5.41, 5.74) is 0.297. The molecule has 5 rings (SSSR count). The number of aromatic hydroxyl groups is 3. The second kappa shape index (κ2) is 14.9. The van der Waals surface area contributed by atoms with Gasteiger partial charge in [-0.2, -0.15) is 18.6 Å². The fourth-order valence-electron chi connectivity index (χ4n) is 3.61. The second-order valence-corrected chi connectivity index (χ2v) is 10.5. The molecule has 0 amide bonds. The third-order valence-electron chi connectivity index (χ3n) is 5.87. The van der Waals surface area contributed by atoms with Gasteiger partial charge in [0.05, 0.1) is 26.9 Å². The first-order valence-corrected chi connectivity index (χ1v) is 14.1. The van der Waals surface area contributed by atoms with Gasteiger partial charge in [-0.15, -0.1) is 15.3 Å². The molecule has 0 spiro atoms. The number of rotatable bonds is 7. The summed E-state index contributed by atoms with van der Waals surface area (Å²) in [6, 6.07) is 18.5. The number of nitro benzene ring substituents is 1. The van der Waals surface area contributed by atoms with Gasteiger partial charge in [0.25, 0.3) is 15.8 Å². The van der Waals surface area contributed by atoms with Crippen molar-refractivity contribution in [3.8, 4) is 34.6 Å². The molecule has 1 aromatic heterocycles. The summed E-state index contributed by atoms with van der Waals surface area (Å²) in [4.78, 5) is 9.50. The van der Waals surface area contributed by atoms with Crippen LogP contribution in [-0.4, -0.2) is 43.0 Å². The number of aryl methyl sites for hydroxylation is 1. The van der Waals surface area contributed by atoms with Crippen molar-refractivity contribution in [1.29, 1.82) is 0 Å². The minimum absolute atomic E-state index is 0. The molecule has 17 nitrogen and oxygen atoms in total. The molecule has 0 aliphatic rings. The van der Waals surface area contributed by atoms with E-state index in [1.54, 1.807) is 31.2 Å². The quantitative estimate of drug-likeness (QED) is 0.0749. The Morgan fingerprint density at radius 2 is 1.43 bits per heavy atom. The van der Waals surface area contributed by atoms with E-state index in [-0.39, 0.29) is 63.0 Å². The van der Waals surface area contributed by atoms with Crippen molar-refractivity contribution in [2.75, 3.05) is 0 Å². The van der Waals surface area contributed by atoms with E-state index in [0.29, 0.717) is 11.4 Å². The van der Waals surface area contributed by atoms with Gasteiger partial charge in [-0.05, 0) is 55.5 Å². The van der Waals surface area contributed by atoms with Gasteiger partial charge >= 0.3 is 17.4 Å². The van der Waals surface area contributed by atoms with E-state index < -0.39 is 31.6 Å². The summed E-state index contributed by atoms with van der Waals surface area (Å²) >= 11 is 0. The first-order chi connectivity index (χ1) is 21.7. The summed E-state index contributed by atoms with van der Waals surface area (Å²) in [6.07, 6.45) is 0. The Morgan fingerprint density at radius 3 is 2.04 bits per heavy atom. The normalized spacial score (nSPS) is 11.2. The van der Waals surface area contributed by atoms with E-state index in [4.69, 9.17) is 9.66 Å². The van der Waals surface area contributed by atoms with E-state index in [9.17, 15) is 39.0 Å². The van der Waals surface area contributed by atoms with Crippen molar-refractivity contribution in [1.82, 2.24) is 9.78 Å². The van der Waals surface area contributed by atoms with Gasteiger partial charge in [-0.1, -0.05) is 23.9 Å². The van der Waals surface area contributed by atoms with Gasteiger partial charge in [0.2, 0.25) is 0 Å². The Morgan fingerprint density at radius 1 is 0.787 bits per heavy atom. The fourth-order valence-corrected chi connectivity index (χ4v) is 4.11. The molecule has 0 bridgehead atoms. The molecule has 0 saturated heterocycles. The van der Waals surface area contributed by atoms with Crippen LogP contribution in [0.5, 0.6) is 28.9 Å². The van der Waals surface area contributed by atoms with E-state index in [0.717, 1.165) is 36.4 Å². The zero-order chi connectivity index (χ0) is 33.6. The van der Waals surface area contributed by atoms with E-state index >= 15 is 0 Å². The number of hydrogen-bond acceptors (Lipinski definition) is 14. The summed E-state index contributed by atoms with van der Waals surface area (Å²) in [6.45, 7) is 1.60. The Kier molecular flexibility index (Phi) is 11.3. The molecule has 0 atom stereocenters. The van der Waals surface area contributed by atoms with Crippen LogP contribution in [0.25, 0.3) is 5.69 Å². The second-order valence-electron chi connectivity index (χ2n) is 9.09. The summed E-state index contributed by atoms with van der Waals surface area (Å²) in [7, 11) is -4.43. The first-order valence-electron chi connectivity index (χ1n) is 12.7. The molecule has 5 aromatic rings. The largest absolute Gasteiger partial charge is 3.00 e. The van der Waals surface area contributed by atoms with Crippen LogP contribution in [0.4, 0.5) is 28.4 Å². The Bertz CT molecular complexity index is 2090. The van der Waals surface area contributed by atoms with E-state index in [1.165, 1.54) is 22.9 Å². The maximum absolute atomic E-state index is 12.4. The molecule has 0 saturated carbocycles. The maximum atomic E-state index is 12.4. The average molecular weight is 700 g/mol. The Hall–Kier alpha value is -5.87. The van der Waals surface area contributed by atoms with Crippen molar-refractivity contribution in [2.45, 2.75) is 11.8 Å². The monoisotopic (exact) mass is 699 g/mol. The molecule has 47 heavy (non-hydrogen) atoms. The van der Waals surface area contributed by atoms with Crippen molar-refractivity contribution < 1.29 is 60.8 Å². The predicted octanol–water partition coefficient (Wildman–Crippen LogP) is 5.11. The van der Waals surface area contributed by atoms with Gasteiger partial charge < -0.3 is 25.5 Å². The summed E-state index contributed by atoms with van der Waals surface area (Å²) in [5, 5.41) is 82.0. The third kappa shape index (κ3) is 8.87. The molecule has 0 aliphatic carbocycles. The number of hydrogen-bond donors (Lipinski definition) is 4. The molecule has 19 heteroatoms. The van der Waals surface area contributed by atoms with Gasteiger partial charge in [0.1, 0.15) is 34.3 Å². The zero-order valence-corrected chi connectivity index (χ0v) is 25.9. The molecule has 4 N–H and O–H groups in total. The molecular formula is C28H21CrN7O10S+. The predicted molar refractivity (Wildman–Crippen MR) is 156 cm³/mol. The molecule has 0 fully saturated rings. The van der Waals surface area contributed by atoms with E-state index in [1.807, 2.05) is 6.07 Å². The summed E-state index contributed by atoms with van der Waals surface area (Å²) in [5.74, 6) is -1.99. The maximum Gasteiger partial charge on any atom is 3.00 e. The number of phenols is 3. The average Bonchev–Trinajstić information content (AvgIpc) is 3.29. The number of non-ortho nitro benzene ring substituents is 1. The van der Waals surface area contributed by atoms with E-state index in [2.05, 4.69) is 25.6 Å². The van der Waals surface area contributed by atoms with Crippen LogP contribution >= 0.6 is 0 Å². The topological polar surface area (TPSA) is 272 Å². The van der Waals surface area contributed by atoms with Crippen LogP contribution in [-0.2, 0) is 27.5 Å². The Balaban J connectivity index is 0.000000254. The zero-order valence-electron chi connectivity index (χ0n) is 23.8. The molecule has 1 radical (unpaired) electrons. The van der Waals surface area contributed by atoms with Crippen LogP contribution in [0.3, 0.4) is 0 Å². The molecule has 239 valence electrons. The minimum atomic E-state index is -4.43. The summed E-state index contributed by atoms with van der Waals surface area (Å²) < 4.78 is 32.1. The molecule has 0 unspecified atom stereocenters. The van der Waals surface area contributed by atoms with Crippen LogP contribution in [0.2, 0.25) is 0 Å². The number of phenolic OH excluding ortho intramolecular Hbond substituents is 3. The van der Waals surface area contributed by atoms with Crippen molar-refractivity contribution in [3.63, 3.8) is 0 Å². The molecule has 0 aliphatic heterocycles. The van der Waals surface area contributed by atoms with Crippen LogP contribution in [0.1, 0.15) is 5.69 Å². The Labute approximate surface area is 276 Å². The van der Waals surface area contributed by atoms with Gasteiger partial charge in [0.15, 0.2) is 0 Å².